The Morgan fingerprint density at radius 1 is 1.18 bits per heavy atom. The van der Waals surface area contributed by atoms with Gasteiger partial charge in [-0.3, -0.25) is 0 Å². The summed E-state index contributed by atoms with van der Waals surface area (Å²) in [5.74, 6) is 0. The highest BCUT2D eigenvalue weighted by atomic mass is 15.4. The molecule has 0 radical (unpaired) electrons. The van der Waals surface area contributed by atoms with Crippen molar-refractivity contribution in [3.8, 4) is 5.69 Å². The van der Waals surface area contributed by atoms with Crippen LogP contribution in [0.5, 0.6) is 0 Å². The first-order chi connectivity index (χ1) is 8.43. The van der Waals surface area contributed by atoms with Crippen LogP contribution < -0.4 is 5.32 Å². The van der Waals surface area contributed by atoms with Crippen LogP contribution in [0.2, 0.25) is 0 Å². The summed E-state index contributed by atoms with van der Waals surface area (Å²) in [7, 11) is 0. The summed E-state index contributed by atoms with van der Waals surface area (Å²) in [6.07, 6.45) is 6.89. The molecule has 2 heterocycles. The van der Waals surface area contributed by atoms with E-state index in [4.69, 9.17) is 0 Å². The number of hydrogen-bond acceptors (Lipinski definition) is 3. The molecule has 4 heteroatoms. The lowest BCUT2D eigenvalue weighted by atomic mass is 10.0. The fraction of sp³-hybridized carbons (Fsp3) is 0.231. The summed E-state index contributed by atoms with van der Waals surface area (Å²) in [4.78, 5) is 0. The number of nitrogens with one attached hydrogen (secondary N) is 1. The molecule has 0 saturated heterocycles. The summed E-state index contributed by atoms with van der Waals surface area (Å²) in [6, 6.07) is 8.45. The van der Waals surface area contributed by atoms with Gasteiger partial charge in [-0.05, 0) is 36.2 Å². The van der Waals surface area contributed by atoms with Crippen LogP contribution in [0.25, 0.3) is 11.3 Å². The van der Waals surface area contributed by atoms with E-state index in [2.05, 4.69) is 46.0 Å². The monoisotopic (exact) mass is 226 g/mol. The molecule has 2 aromatic rings. The number of benzene rings is 1. The van der Waals surface area contributed by atoms with Crippen LogP contribution in [0, 0.1) is 0 Å². The largest absolute Gasteiger partial charge is 0.313 e. The normalized spacial score (nSPS) is 15.6. The molecule has 17 heavy (non-hydrogen) atoms. The average molecular weight is 226 g/mol. The molecule has 4 nitrogen and oxygen atoms in total. The molecule has 0 bridgehead atoms. The first-order valence-electron chi connectivity index (χ1n) is 5.80. The zero-order chi connectivity index (χ0) is 11.5. The molecule has 0 unspecified atom stereocenters. The number of hydrogen-bond donors (Lipinski definition) is 1. The standard InChI is InChI=1S/C13H14N4/c1-3-13(17-10-9-15-16-17)4-2-11(1)12-5-7-14-8-6-12/h1-5,9-10,14H,6-8H2. The van der Waals surface area contributed by atoms with Crippen LogP contribution in [0.1, 0.15) is 12.0 Å². The van der Waals surface area contributed by atoms with Gasteiger partial charge in [-0.15, -0.1) is 5.10 Å². The molecule has 3 rings (SSSR count). The van der Waals surface area contributed by atoms with Crippen molar-refractivity contribution in [2.45, 2.75) is 6.42 Å². The highest BCUT2D eigenvalue weighted by Crippen LogP contribution is 2.20. The second-order valence-electron chi connectivity index (χ2n) is 4.08. The molecule has 0 atom stereocenters. The Hall–Kier alpha value is -1.94. The van der Waals surface area contributed by atoms with Crippen LogP contribution >= 0.6 is 0 Å². The van der Waals surface area contributed by atoms with Gasteiger partial charge in [-0.2, -0.15) is 0 Å². The zero-order valence-electron chi connectivity index (χ0n) is 9.50. The zero-order valence-corrected chi connectivity index (χ0v) is 9.50. The van der Waals surface area contributed by atoms with Crippen molar-refractivity contribution < 1.29 is 0 Å². The minimum atomic E-state index is 0.972. The summed E-state index contributed by atoms with van der Waals surface area (Å²) < 4.78 is 1.76. The molecule has 1 N–H and O–H groups in total. The number of rotatable bonds is 2. The van der Waals surface area contributed by atoms with Crippen LogP contribution in [-0.2, 0) is 0 Å². The van der Waals surface area contributed by atoms with Crippen LogP contribution in [-0.4, -0.2) is 28.1 Å². The van der Waals surface area contributed by atoms with Gasteiger partial charge in [0.1, 0.15) is 0 Å². The van der Waals surface area contributed by atoms with Crippen molar-refractivity contribution in [2.24, 2.45) is 0 Å². The summed E-state index contributed by atoms with van der Waals surface area (Å²) >= 11 is 0. The Kier molecular flexibility index (Phi) is 2.71. The van der Waals surface area contributed by atoms with Crippen molar-refractivity contribution in [3.63, 3.8) is 0 Å². The maximum absolute atomic E-state index is 3.97. The van der Waals surface area contributed by atoms with E-state index in [-0.39, 0.29) is 0 Å². The Morgan fingerprint density at radius 2 is 2.06 bits per heavy atom. The second kappa shape index (κ2) is 4.51. The van der Waals surface area contributed by atoms with E-state index in [1.54, 1.807) is 10.9 Å². The topological polar surface area (TPSA) is 42.7 Å². The molecule has 1 aromatic heterocycles. The predicted octanol–water partition coefficient (Wildman–Crippen LogP) is 1.64. The Balaban J connectivity index is 1.87. The maximum Gasteiger partial charge on any atom is 0.0697 e. The molecule has 1 aliphatic rings. The number of nitrogens with zero attached hydrogens (tertiary/aromatic N) is 3. The predicted molar refractivity (Wildman–Crippen MR) is 66.8 cm³/mol. The second-order valence-corrected chi connectivity index (χ2v) is 4.08. The summed E-state index contributed by atoms with van der Waals surface area (Å²) in [6.45, 7) is 2.04. The van der Waals surface area contributed by atoms with Crippen molar-refractivity contribution in [1.82, 2.24) is 20.3 Å². The van der Waals surface area contributed by atoms with Gasteiger partial charge in [0.05, 0.1) is 18.1 Å². The Labute approximate surface area is 100.0 Å². The molecule has 0 spiro atoms. The highest BCUT2D eigenvalue weighted by molar-refractivity contribution is 5.67. The van der Waals surface area contributed by atoms with Crippen LogP contribution in [0.15, 0.2) is 42.7 Å². The van der Waals surface area contributed by atoms with E-state index in [1.165, 1.54) is 11.1 Å². The van der Waals surface area contributed by atoms with Gasteiger partial charge in [0.2, 0.25) is 0 Å². The van der Waals surface area contributed by atoms with E-state index in [9.17, 15) is 0 Å². The highest BCUT2D eigenvalue weighted by Gasteiger charge is 2.05. The van der Waals surface area contributed by atoms with Gasteiger partial charge in [-0.1, -0.05) is 23.4 Å². The first-order valence-corrected chi connectivity index (χ1v) is 5.80. The lowest BCUT2D eigenvalue weighted by Gasteiger charge is -2.14. The third-order valence-corrected chi connectivity index (χ3v) is 2.99. The molecule has 1 aliphatic heterocycles. The maximum atomic E-state index is 3.97. The van der Waals surface area contributed by atoms with E-state index >= 15 is 0 Å². The van der Waals surface area contributed by atoms with Gasteiger partial charge >= 0.3 is 0 Å². The van der Waals surface area contributed by atoms with Crippen molar-refractivity contribution >= 4 is 5.57 Å². The van der Waals surface area contributed by atoms with E-state index in [1.807, 2.05) is 6.20 Å². The average Bonchev–Trinajstić information content (AvgIpc) is 2.94. The minimum absolute atomic E-state index is 0.972. The molecule has 0 fully saturated rings. The van der Waals surface area contributed by atoms with Gasteiger partial charge < -0.3 is 5.32 Å². The summed E-state index contributed by atoms with van der Waals surface area (Å²) in [5, 5.41) is 11.1. The third kappa shape index (κ3) is 2.12. The molecule has 0 saturated carbocycles. The fourth-order valence-corrected chi connectivity index (χ4v) is 2.06. The summed E-state index contributed by atoms with van der Waals surface area (Å²) in [5.41, 5.74) is 3.77. The van der Waals surface area contributed by atoms with Crippen molar-refractivity contribution in [1.29, 1.82) is 0 Å². The Morgan fingerprint density at radius 3 is 2.71 bits per heavy atom. The van der Waals surface area contributed by atoms with Gasteiger partial charge in [-0.25, -0.2) is 4.68 Å². The van der Waals surface area contributed by atoms with E-state index in [0.717, 1.165) is 25.2 Å². The fourth-order valence-electron chi connectivity index (χ4n) is 2.06. The SMILES string of the molecule is C1=C(c2ccc(-n3ccnn3)cc2)CCNC1. The van der Waals surface area contributed by atoms with Gasteiger partial charge in [0, 0.05) is 6.54 Å². The smallest absolute Gasteiger partial charge is 0.0697 e. The van der Waals surface area contributed by atoms with Crippen LogP contribution in [0.3, 0.4) is 0 Å². The molecule has 86 valence electrons. The molecular formula is C13H14N4. The Bertz CT molecular complexity index is 511. The molecule has 0 aliphatic carbocycles. The third-order valence-electron chi connectivity index (χ3n) is 2.99. The quantitative estimate of drug-likeness (QED) is 0.846. The number of aromatic nitrogens is 3. The van der Waals surface area contributed by atoms with Crippen LogP contribution in [0.4, 0.5) is 0 Å². The lowest BCUT2D eigenvalue weighted by molar-refractivity contribution is 0.738. The van der Waals surface area contributed by atoms with E-state index < -0.39 is 0 Å². The minimum Gasteiger partial charge on any atom is -0.313 e. The van der Waals surface area contributed by atoms with Crippen molar-refractivity contribution in [3.05, 3.63) is 48.3 Å². The lowest BCUT2D eigenvalue weighted by Crippen LogP contribution is -2.19. The van der Waals surface area contributed by atoms with Gasteiger partial charge in [0.25, 0.3) is 0 Å². The molecular weight excluding hydrogens is 212 g/mol. The molecule has 1 aromatic carbocycles. The van der Waals surface area contributed by atoms with Gasteiger partial charge in [0.15, 0.2) is 0 Å². The van der Waals surface area contributed by atoms with Crippen molar-refractivity contribution in [2.75, 3.05) is 13.1 Å². The first kappa shape index (κ1) is 10.2. The van der Waals surface area contributed by atoms with E-state index in [0.29, 0.717) is 0 Å². The molecule has 0 amide bonds.